The van der Waals surface area contributed by atoms with Gasteiger partial charge in [-0.05, 0) is 18.2 Å². The highest BCUT2D eigenvalue weighted by atomic mass is 32.2. The summed E-state index contributed by atoms with van der Waals surface area (Å²) < 4.78 is 49.7. The quantitative estimate of drug-likeness (QED) is 0.817. The zero-order valence-electron chi connectivity index (χ0n) is 10.5. The average Bonchev–Trinajstić information content (AvgIpc) is 2.40. The van der Waals surface area contributed by atoms with Gasteiger partial charge >= 0.3 is 0 Å². The van der Waals surface area contributed by atoms with Crippen molar-refractivity contribution in [1.29, 1.82) is 0 Å². The summed E-state index contributed by atoms with van der Waals surface area (Å²) in [6.07, 6.45) is 2.16. The molecule has 0 saturated carbocycles. The third-order valence-corrected chi connectivity index (χ3v) is 3.73. The number of rotatable bonds is 3. The Balaban J connectivity index is 2.45. The molecule has 20 heavy (non-hydrogen) atoms. The van der Waals surface area contributed by atoms with Crippen LogP contribution in [0, 0.1) is 11.6 Å². The van der Waals surface area contributed by atoms with Crippen molar-refractivity contribution >= 4 is 21.7 Å². The van der Waals surface area contributed by atoms with Gasteiger partial charge in [-0.15, -0.1) is 0 Å². The van der Waals surface area contributed by atoms with Crippen molar-refractivity contribution in [3.63, 3.8) is 0 Å². The zero-order chi connectivity index (χ0) is 14.8. The molecule has 0 aliphatic carbocycles. The molecule has 0 heterocycles. The first kappa shape index (κ1) is 14.3. The molecular formula is C14H11F2NO2S. The van der Waals surface area contributed by atoms with E-state index in [1.54, 1.807) is 12.1 Å². The van der Waals surface area contributed by atoms with E-state index in [2.05, 4.69) is 4.99 Å². The number of para-hydroxylation sites is 1. The molecule has 2 aromatic carbocycles. The van der Waals surface area contributed by atoms with Gasteiger partial charge in [0, 0.05) is 18.0 Å². The van der Waals surface area contributed by atoms with Crippen molar-refractivity contribution in [2.75, 3.05) is 6.26 Å². The largest absolute Gasteiger partial charge is 0.255 e. The van der Waals surface area contributed by atoms with Gasteiger partial charge in [0.1, 0.15) is 0 Å². The monoisotopic (exact) mass is 295 g/mol. The van der Waals surface area contributed by atoms with Crippen LogP contribution in [0.1, 0.15) is 5.56 Å². The molecule has 0 bridgehead atoms. The predicted molar refractivity (Wildman–Crippen MR) is 73.2 cm³/mol. The molecule has 0 N–H and O–H groups in total. The lowest BCUT2D eigenvalue weighted by molar-refractivity contribution is 0.507. The molecule has 2 aromatic rings. The molecule has 0 aromatic heterocycles. The third kappa shape index (κ3) is 3.08. The summed E-state index contributed by atoms with van der Waals surface area (Å²) in [5.41, 5.74) is 0.131. The fourth-order valence-corrected chi connectivity index (χ4v) is 2.46. The van der Waals surface area contributed by atoms with E-state index in [-0.39, 0.29) is 16.1 Å². The zero-order valence-corrected chi connectivity index (χ0v) is 11.4. The Hall–Kier alpha value is -2.08. The molecule has 0 amide bonds. The van der Waals surface area contributed by atoms with Crippen LogP contribution < -0.4 is 0 Å². The average molecular weight is 295 g/mol. The van der Waals surface area contributed by atoms with Crippen LogP contribution in [-0.4, -0.2) is 20.9 Å². The number of nitrogens with zero attached hydrogens (tertiary/aromatic N) is 1. The van der Waals surface area contributed by atoms with E-state index in [0.717, 1.165) is 18.5 Å². The third-order valence-electron chi connectivity index (χ3n) is 2.59. The van der Waals surface area contributed by atoms with E-state index in [0.29, 0.717) is 0 Å². The maximum absolute atomic E-state index is 13.5. The van der Waals surface area contributed by atoms with Crippen LogP contribution in [0.15, 0.2) is 52.4 Å². The Morgan fingerprint density at radius 2 is 1.75 bits per heavy atom. The number of benzene rings is 2. The topological polar surface area (TPSA) is 46.5 Å². The molecule has 6 heteroatoms. The Morgan fingerprint density at radius 1 is 1.05 bits per heavy atom. The lowest BCUT2D eigenvalue weighted by Crippen LogP contribution is -1.97. The highest BCUT2D eigenvalue weighted by Crippen LogP contribution is 2.23. The second kappa shape index (κ2) is 5.50. The lowest BCUT2D eigenvalue weighted by Gasteiger charge is -2.03. The van der Waals surface area contributed by atoms with Crippen LogP contribution in [-0.2, 0) is 9.84 Å². The summed E-state index contributed by atoms with van der Waals surface area (Å²) in [6, 6.07) is 9.78. The van der Waals surface area contributed by atoms with Crippen molar-refractivity contribution in [1.82, 2.24) is 0 Å². The highest BCUT2D eigenvalue weighted by Gasteiger charge is 2.12. The minimum absolute atomic E-state index is 0.0352. The maximum Gasteiger partial charge on any atom is 0.177 e. The first-order valence-corrected chi connectivity index (χ1v) is 7.56. The van der Waals surface area contributed by atoms with Crippen LogP contribution in [0.25, 0.3) is 0 Å². The molecule has 3 nitrogen and oxygen atoms in total. The van der Waals surface area contributed by atoms with Gasteiger partial charge in [0.05, 0.1) is 10.6 Å². The molecule has 0 aliphatic rings. The lowest BCUT2D eigenvalue weighted by atomic mass is 10.2. The number of halogens is 2. The van der Waals surface area contributed by atoms with Crippen LogP contribution in [0.3, 0.4) is 0 Å². The van der Waals surface area contributed by atoms with Crippen molar-refractivity contribution in [3.8, 4) is 0 Å². The van der Waals surface area contributed by atoms with E-state index in [4.69, 9.17) is 0 Å². The molecule has 0 atom stereocenters. The fraction of sp³-hybridized carbons (Fsp3) is 0.0714. The van der Waals surface area contributed by atoms with Crippen LogP contribution in [0.2, 0.25) is 0 Å². The molecular weight excluding hydrogens is 284 g/mol. The Bertz CT molecular complexity index is 770. The molecule has 0 radical (unpaired) electrons. The molecule has 0 saturated heterocycles. The molecule has 0 unspecified atom stereocenters. The van der Waals surface area contributed by atoms with Crippen LogP contribution in [0.5, 0.6) is 0 Å². The summed E-state index contributed by atoms with van der Waals surface area (Å²) in [5, 5.41) is 0. The molecule has 0 fully saturated rings. The van der Waals surface area contributed by atoms with E-state index in [9.17, 15) is 17.2 Å². The molecule has 0 spiro atoms. The smallest absolute Gasteiger partial charge is 0.177 e. The number of sulfone groups is 1. The van der Waals surface area contributed by atoms with Gasteiger partial charge in [-0.3, -0.25) is 4.99 Å². The minimum Gasteiger partial charge on any atom is -0.255 e. The summed E-state index contributed by atoms with van der Waals surface area (Å²) >= 11 is 0. The van der Waals surface area contributed by atoms with Gasteiger partial charge in [-0.2, -0.15) is 0 Å². The Labute approximate surface area is 115 Å². The van der Waals surface area contributed by atoms with Gasteiger partial charge in [0.25, 0.3) is 0 Å². The first-order valence-electron chi connectivity index (χ1n) is 5.67. The second-order valence-electron chi connectivity index (χ2n) is 4.14. The van der Waals surface area contributed by atoms with Gasteiger partial charge in [0.15, 0.2) is 21.5 Å². The summed E-state index contributed by atoms with van der Waals surface area (Å²) in [7, 11) is -3.44. The Kier molecular flexibility index (Phi) is 3.94. The first-order chi connectivity index (χ1) is 9.39. The molecule has 0 aliphatic heterocycles. The van der Waals surface area contributed by atoms with Crippen LogP contribution >= 0.6 is 0 Å². The highest BCUT2D eigenvalue weighted by molar-refractivity contribution is 7.90. The molecule has 104 valence electrons. The van der Waals surface area contributed by atoms with Crippen LogP contribution in [0.4, 0.5) is 14.5 Å². The second-order valence-corrected chi connectivity index (χ2v) is 6.13. The van der Waals surface area contributed by atoms with E-state index in [1.165, 1.54) is 24.3 Å². The van der Waals surface area contributed by atoms with Gasteiger partial charge in [-0.25, -0.2) is 17.2 Å². The van der Waals surface area contributed by atoms with E-state index < -0.39 is 21.5 Å². The number of hydrogen-bond donors (Lipinski definition) is 0. The van der Waals surface area contributed by atoms with Gasteiger partial charge < -0.3 is 0 Å². The SMILES string of the molecule is CS(=O)(=O)c1ccccc1N=Cc1cccc(F)c1F. The number of hydrogen-bond acceptors (Lipinski definition) is 3. The molecule has 2 rings (SSSR count). The predicted octanol–water partition coefficient (Wildman–Crippen LogP) is 3.12. The van der Waals surface area contributed by atoms with Crippen molar-refractivity contribution in [2.45, 2.75) is 4.90 Å². The van der Waals surface area contributed by atoms with Gasteiger partial charge in [0.2, 0.25) is 0 Å². The maximum atomic E-state index is 13.5. The summed E-state index contributed by atoms with van der Waals surface area (Å²) in [5.74, 6) is -2.00. The normalized spacial score (nSPS) is 11.9. The Morgan fingerprint density at radius 3 is 2.45 bits per heavy atom. The van der Waals surface area contributed by atoms with Crippen molar-refractivity contribution < 1.29 is 17.2 Å². The fourth-order valence-electron chi connectivity index (χ4n) is 1.64. The number of aliphatic imine (C=N–C) groups is 1. The summed E-state index contributed by atoms with van der Waals surface area (Å²) in [6.45, 7) is 0. The standard InChI is InChI=1S/C14H11F2NO2S/c1-20(18,19)13-8-3-2-7-12(13)17-9-10-5-4-6-11(15)14(10)16/h2-9H,1H3. The van der Waals surface area contributed by atoms with Crippen molar-refractivity contribution in [2.24, 2.45) is 4.99 Å². The summed E-state index contributed by atoms with van der Waals surface area (Å²) in [4.78, 5) is 3.97. The van der Waals surface area contributed by atoms with Gasteiger partial charge in [-0.1, -0.05) is 24.3 Å². The minimum atomic E-state index is -3.44. The van der Waals surface area contributed by atoms with E-state index >= 15 is 0 Å². The van der Waals surface area contributed by atoms with Crippen molar-refractivity contribution in [3.05, 3.63) is 59.7 Å². The van der Waals surface area contributed by atoms with E-state index in [1.807, 2.05) is 0 Å².